The molecule has 2 aromatic rings. The summed E-state index contributed by atoms with van der Waals surface area (Å²) in [4.78, 5) is 27.5. The van der Waals surface area contributed by atoms with Gasteiger partial charge in [-0.25, -0.2) is 8.42 Å². The number of hydrogen-bond donors (Lipinski definition) is 1. The highest BCUT2D eigenvalue weighted by Gasteiger charge is 2.30. The second-order valence-electron chi connectivity index (χ2n) is 7.71. The van der Waals surface area contributed by atoms with Crippen LogP contribution in [0.3, 0.4) is 0 Å². The van der Waals surface area contributed by atoms with E-state index in [1.807, 2.05) is 31.2 Å². The molecule has 0 aromatic heterocycles. The molecule has 0 bridgehead atoms. The topological polar surface area (TPSA) is 86.8 Å². The van der Waals surface area contributed by atoms with Crippen LogP contribution in [0.25, 0.3) is 0 Å². The van der Waals surface area contributed by atoms with Gasteiger partial charge in [-0.1, -0.05) is 53.0 Å². The molecule has 0 saturated heterocycles. The van der Waals surface area contributed by atoms with Crippen molar-refractivity contribution in [1.29, 1.82) is 0 Å². The first-order valence-corrected chi connectivity index (χ1v) is 13.6. The van der Waals surface area contributed by atoms with Gasteiger partial charge in [-0.2, -0.15) is 0 Å². The molecule has 1 unspecified atom stereocenters. The van der Waals surface area contributed by atoms with Gasteiger partial charge in [0.05, 0.1) is 11.9 Å². The molecule has 0 fully saturated rings. The number of anilines is 1. The standard InChI is InChI=1S/C23H29BrClN3O4S/c1-4-5-14-26-23(30)17(2)27(15-18-6-8-19(24)9-7-18)22(29)16-28(33(3,31)32)21-12-10-20(25)11-13-21/h6-13,17H,4-5,14-16H2,1-3H3,(H,26,30). The molecule has 0 aliphatic rings. The smallest absolute Gasteiger partial charge is 0.244 e. The van der Waals surface area contributed by atoms with Gasteiger partial charge in [0.25, 0.3) is 0 Å². The summed E-state index contributed by atoms with van der Waals surface area (Å²) >= 11 is 9.31. The fourth-order valence-corrected chi connectivity index (χ4v) is 4.37. The number of nitrogens with zero attached hydrogens (tertiary/aromatic N) is 2. The van der Waals surface area contributed by atoms with E-state index < -0.39 is 28.5 Å². The lowest BCUT2D eigenvalue weighted by Crippen LogP contribution is -2.51. The molecule has 2 aromatic carbocycles. The molecule has 0 saturated carbocycles. The van der Waals surface area contributed by atoms with Gasteiger partial charge >= 0.3 is 0 Å². The van der Waals surface area contributed by atoms with E-state index in [0.29, 0.717) is 17.3 Å². The molecule has 0 heterocycles. The van der Waals surface area contributed by atoms with Crippen molar-refractivity contribution >= 4 is 55.1 Å². The predicted octanol–water partition coefficient (Wildman–Crippen LogP) is 4.20. The Hall–Kier alpha value is -2.10. The minimum Gasteiger partial charge on any atom is -0.354 e. The van der Waals surface area contributed by atoms with Gasteiger partial charge in [0.1, 0.15) is 12.6 Å². The zero-order chi connectivity index (χ0) is 24.6. The van der Waals surface area contributed by atoms with Crippen LogP contribution in [-0.2, 0) is 26.2 Å². The maximum absolute atomic E-state index is 13.4. The molecule has 2 amide bonds. The van der Waals surface area contributed by atoms with Crippen molar-refractivity contribution in [2.75, 3.05) is 23.7 Å². The van der Waals surface area contributed by atoms with Gasteiger partial charge in [0.2, 0.25) is 21.8 Å². The Kier molecular flexibility index (Phi) is 10.2. The number of rotatable bonds is 11. The fraction of sp³-hybridized carbons (Fsp3) is 0.391. The molecule has 1 N–H and O–H groups in total. The molecule has 1 atom stereocenters. The third-order valence-electron chi connectivity index (χ3n) is 5.06. The third kappa shape index (κ3) is 8.32. The Morgan fingerprint density at radius 2 is 1.70 bits per heavy atom. The average Bonchev–Trinajstić information content (AvgIpc) is 2.76. The number of hydrogen-bond acceptors (Lipinski definition) is 4. The summed E-state index contributed by atoms with van der Waals surface area (Å²) in [7, 11) is -3.77. The highest BCUT2D eigenvalue weighted by Crippen LogP contribution is 2.21. The van der Waals surface area contributed by atoms with Gasteiger partial charge in [0, 0.05) is 22.6 Å². The molecule has 33 heavy (non-hydrogen) atoms. The summed E-state index contributed by atoms with van der Waals surface area (Å²) in [6.07, 6.45) is 2.80. The Labute approximate surface area is 209 Å². The zero-order valence-electron chi connectivity index (χ0n) is 18.9. The van der Waals surface area contributed by atoms with Gasteiger partial charge in [-0.15, -0.1) is 0 Å². The van der Waals surface area contributed by atoms with E-state index in [4.69, 9.17) is 11.6 Å². The maximum Gasteiger partial charge on any atom is 0.244 e. The molecule has 2 rings (SSSR count). The number of nitrogens with one attached hydrogen (secondary N) is 1. The number of sulfonamides is 1. The van der Waals surface area contributed by atoms with E-state index in [0.717, 1.165) is 33.4 Å². The molecule has 0 spiro atoms. The molecular formula is C23H29BrClN3O4S. The zero-order valence-corrected chi connectivity index (χ0v) is 22.1. The van der Waals surface area contributed by atoms with E-state index in [-0.39, 0.29) is 12.5 Å². The highest BCUT2D eigenvalue weighted by molar-refractivity contribution is 9.10. The van der Waals surface area contributed by atoms with E-state index >= 15 is 0 Å². The minimum atomic E-state index is -3.77. The second kappa shape index (κ2) is 12.4. The number of benzene rings is 2. The van der Waals surface area contributed by atoms with Crippen molar-refractivity contribution in [2.45, 2.75) is 39.3 Å². The minimum absolute atomic E-state index is 0.159. The van der Waals surface area contributed by atoms with Crippen molar-refractivity contribution < 1.29 is 18.0 Å². The number of carbonyl (C=O) groups excluding carboxylic acids is 2. The first-order valence-electron chi connectivity index (χ1n) is 10.6. The maximum atomic E-state index is 13.4. The van der Waals surface area contributed by atoms with Crippen molar-refractivity contribution in [1.82, 2.24) is 10.2 Å². The van der Waals surface area contributed by atoms with Crippen LogP contribution in [0.2, 0.25) is 5.02 Å². The van der Waals surface area contributed by atoms with Gasteiger partial charge in [-0.05, 0) is 55.3 Å². The van der Waals surface area contributed by atoms with Gasteiger partial charge in [0.15, 0.2) is 0 Å². The summed E-state index contributed by atoms with van der Waals surface area (Å²) < 4.78 is 26.9. The lowest BCUT2D eigenvalue weighted by molar-refractivity contribution is -0.139. The fourth-order valence-electron chi connectivity index (χ4n) is 3.13. The Balaban J connectivity index is 2.32. The Bertz CT molecular complexity index is 1050. The van der Waals surface area contributed by atoms with Crippen molar-refractivity contribution in [2.24, 2.45) is 0 Å². The Morgan fingerprint density at radius 3 is 2.24 bits per heavy atom. The lowest BCUT2D eigenvalue weighted by Gasteiger charge is -2.31. The van der Waals surface area contributed by atoms with Crippen LogP contribution >= 0.6 is 27.5 Å². The number of amides is 2. The quantitative estimate of drug-likeness (QED) is 0.419. The molecule has 10 heteroatoms. The SMILES string of the molecule is CCCCNC(=O)C(C)N(Cc1ccc(Br)cc1)C(=O)CN(c1ccc(Cl)cc1)S(C)(=O)=O. The van der Waals surface area contributed by atoms with Gasteiger partial charge < -0.3 is 10.2 Å². The van der Waals surface area contributed by atoms with Crippen LogP contribution in [0.4, 0.5) is 5.69 Å². The van der Waals surface area contributed by atoms with Crippen LogP contribution in [0.5, 0.6) is 0 Å². The van der Waals surface area contributed by atoms with E-state index in [1.54, 1.807) is 19.1 Å². The van der Waals surface area contributed by atoms with E-state index in [2.05, 4.69) is 21.2 Å². The normalized spacial score (nSPS) is 12.2. The molecule has 0 aliphatic carbocycles. The summed E-state index contributed by atoms with van der Waals surface area (Å²) in [6.45, 7) is 3.90. The largest absolute Gasteiger partial charge is 0.354 e. The molecule has 7 nitrogen and oxygen atoms in total. The molecular weight excluding hydrogens is 530 g/mol. The lowest BCUT2D eigenvalue weighted by atomic mass is 10.1. The van der Waals surface area contributed by atoms with Crippen LogP contribution in [0.1, 0.15) is 32.3 Å². The van der Waals surface area contributed by atoms with Gasteiger partial charge in [-0.3, -0.25) is 13.9 Å². The van der Waals surface area contributed by atoms with Crippen LogP contribution in [0, 0.1) is 0 Å². The summed E-state index contributed by atoms with van der Waals surface area (Å²) in [5.74, 6) is -0.775. The summed E-state index contributed by atoms with van der Waals surface area (Å²) in [6, 6.07) is 12.8. The predicted molar refractivity (Wildman–Crippen MR) is 136 cm³/mol. The first kappa shape index (κ1) is 27.1. The third-order valence-corrected chi connectivity index (χ3v) is 6.98. The van der Waals surface area contributed by atoms with Crippen molar-refractivity contribution in [3.05, 3.63) is 63.6 Å². The highest BCUT2D eigenvalue weighted by atomic mass is 79.9. The monoisotopic (exact) mass is 557 g/mol. The van der Waals surface area contributed by atoms with E-state index in [9.17, 15) is 18.0 Å². The van der Waals surface area contributed by atoms with Crippen LogP contribution in [-0.4, -0.2) is 50.5 Å². The van der Waals surface area contributed by atoms with Crippen molar-refractivity contribution in [3.8, 4) is 0 Å². The molecule has 0 radical (unpaired) electrons. The first-order chi connectivity index (χ1) is 15.5. The average molecular weight is 559 g/mol. The number of unbranched alkanes of at least 4 members (excludes halogenated alkanes) is 1. The van der Waals surface area contributed by atoms with Crippen molar-refractivity contribution in [3.63, 3.8) is 0 Å². The second-order valence-corrected chi connectivity index (χ2v) is 11.0. The van der Waals surface area contributed by atoms with Crippen LogP contribution in [0.15, 0.2) is 53.0 Å². The Morgan fingerprint density at radius 1 is 1.09 bits per heavy atom. The van der Waals surface area contributed by atoms with Crippen LogP contribution < -0.4 is 9.62 Å². The summed E-state index contributed by atoms with van der Waals surface area (Å²) in [5.41, 5.74) is 1.14. The summed E-state index contributed by atoms with van der Waals surface area (Å²) in [5, 5.41) is 3.30. The number of carbonyl (C=O) groups is 2. The molecule has 0 aliphatic heterocycles. The van der Waals surface area contributed by atoms with E-state index in [1.165, 1.54) is 17.0 Å². The molecule has 180 valence electrons. The number of halogens is 2.